The molecule has 3 heteroatoms. The molecule has 78 valence electrons. The lowest BCUT2D eigenvalue weighted by atomic mass is 9.83. The van der Waals surface area contributed by atoms with Crippen LogP contribution in [-0.4, -0.2) is 24.8 Å². The van der Waals surface area contributed by atoms with Gasteiger partial charge in [0.1, 0.15) is 0 Å². The molecule has 0 saturated carbocycles. The van der Waals surface area contributed by atoms with Crippen LogP contribution in [0.1, 0.15) is 27.2 Å². The second-order valence-electron chi connectivity index (χ2n) is 3.74. The predicted molar refractivity (Wildman–Crippen MR) is 51.6 cm³/mol. The maximum absolute atomic E-state index is 10.7. The SMILES string of the molecule is COCCC(C)C(C)C(C)C(=O)O. The molecule has 0 aliphatic carbocycles. The van der Waals surface area contributed by atoms with Crippen LogP contribution in [0.2, 0.25) is 0 Å². The maximum atomic E-state index is 10.7. The Hall–Kier alpha value is -0.570. The fourth-order valence-electron chi connectivity index (χ4n) is 1.28. The van der Waals surface area contributed by atoms with E-state index >= 15 is 0 Å². The van der Waals surface area contributed by atoms with Crippen LogP contribution in [0.3, 0.4) is 0 Å². The van der Waals surface area contributed by atoms with Gasteiger partial charge in [-0.2, -0.15) is 0 Å². The zero-order valence-electron chi connectivity index (χ0n) is 8.91. The Labute approximate surface area is 80.1 Å². The van der Waals surface area contributed by atoms with E-state index in [1.807, 2.05) is 6.92 Å². The second kappa shape index (κ2) is 5.97. The molecule has 0 aromatic heterocycles. The molecule has 0 fully saturated rings. The molecule has 0 aliphatic rings. The smallest absolute Gasteiger partial charge is 0.306 e. The minimum absolute atomic E-state index is 0.202. The van der Waals surface area contributed by atoms with E-state index in [4.69, 9.17) is 9.84 Å². The molecule has 0 bridgehead atoms. The molecule has 0 heterocycles. The number of methoxy groups -OCH3 is 1. The lowest BCUT2D eigenvalue weighted by Crippen LogP contribution is -2.24. The van der Waals surface area contributed by atoms with Crippen molar-refractivity contribution in [1.29, 1.82) is 0 Å². The molecule has 0 aromatic carbocycles. The van der Waals surface area contributed by atoms with E-state index in [0.29, 0.717) is 12.5 Å². The minimum Gasteiger partial charge on any atom is -0.481 e. The topological polar surface area (TPSA) is 46.5 Å². The van der Waals surface area contributed by atoms with Crippen molar-refractivity contribution in [2.24, 2.45) is 17.8 Å². The number of carbonyl (C=O) groups is 1. The van der Waals surface area contributed by atoms with Crippen LogP contribution in [0, 0.1) is 17.8 Å². The molecular formula is C10H20O3. The van der Waals surface area contributed by atoms with Gasteiger partial charge in [-0.1, -0.05) is 20.8 Å². The summed E-state index contributed by atoms with van der Waals surface area (Å²) in [7, 11) is 1.66. The van der Waals surface area contributed by atoms with Crippen molar-refractivity contribution in [2.45, 2.75) is 27.2 Å². The van der Waals surface area contributed by atoms with Crippen molar-refractivity contribution in [3.05, 3.63) is 0 Å². The molecule has 0 aromatic rings. The Morgan fingerprint density at radius 3 is 2.31 bits per heavy atom. The number of hydrogen-bond acceptors (Lipinski definition) is 2. The van der Waals surface area contributed by atoms with Gasteiger partial charge in [0.2, 0.25) is 0 Å². The van der Waals surface area contributed by atoms with Gasteiger partial charge in [-0.25, -0.2) is 0 Å². The van der Waals surface area contributed by atoms with Crippen LogP contribution in [0.4, 0.5) is 0 Å². The van der Waals surface area contributed by atoms with Crippen LogP contribution < -0.4 is 0 Å². The van der Waals surface area contributed by atoms with Crippen molar-refractivity contribution < 1.29 is 14.6 Å². The lowest BCUT2D eigenvalue weighted by molar-refractivity contribution is -0.143. The summed E-state index contributed by atoms with van der Waals surface area (Å²) >= 11 is 0. The van der Waals surface area contributed by atoms with E-state index in [2.05, 4.69) is 6.92 Å². The standard InChI is InChI=1S/C10H20O3/c1-7(5-6-13-4)8(2)9(3)10(11)12/h7-9H,5-6H2,1-4H3,(H,11,12). The third-order valence-electron chi connectivity index (χ3n) is 2.85. The van der Waals surface area contributed by atoms with Crippen LogP contribution >= 0.6 is 0 Å². The van der Waals surface area contributed by atoms with Crippen molar-refractivity contribution >= 4 is 5.97 Å². The van der Waals surface area contributed by atoms with Gasteiger partial charge >= 0.3 is 5.97 Å². The molecule has 1 N–H and O–H groups in total. The molecule has 0 radical (unpaired) electrons. The first-order chi connectivity index (χ1) is 6.00. The van der Waals surface area contributed by atoms with Gasteiger partial charge in [0.25, 0.3) is 0 Å². The van der Waals surface area contributed by atoms with Gasteiger partial charge in [-0.15, -0.1) is 0 Å². The highest BCUT2D eigenvalue weighted by Gasteiger charge is 2.23. The molecule has 0 rings (SSSR count). The number of aliphatic carboxylic acids is 1. The van der Waals surface area contributed by atoms with Crippen molar-refractivity contribution in [1.82, 2.24) is 0 Å². The maximum Gasteiger partial charge on any atom is 0.306 e. The highest BCUT2D eigenvalue weighted by atomic mass is 16.5. The number of carboxylic acid groups (broad SMARTS) is 1. The summed E-state index contributed by atoms with van der Waals surface area (Å²) in [5.74, 6) is -0.387. The van der Waals surface area contributed by atoms with Gasteiger partial charge in [-0.3, -0.25) is 4.79 Å². The van der Waals surface area contributed by atoms with Crippen molar-refractivity contribution in [2.75, 3.05) is 13.7 Å². The molecule has 0 aliphatic heterocycles. The third kappa shape index (κ3) is 4.27. The quantitative estimate of drug-likeness (QED) is 0.693. The van der Waals surface area contributed by atoms with Crippen molar-refractivity contribution in [3.63, 3.8) is 0 Å². The fraction of sp³-hybridized carbons (Fsp3) is 0.900. The van der Waals surface area contributed by atoms with E-state index in [-0.39, 0.29) is 11.8 Å². The highest BCUT2D eigenvalue weighted by molar-refractivity contribution is 5.69. The van der Waals surface area contributed by atoms with Crippen LogP contribution in [0.15, 0.2) is 0 Å². The van der Waals surface area contributed by atoms with Gasteiger partial charge in [0.15, 0.2) is 0 Å². The Morgan fingerprint density at radius 1 is 1.38 bits per heavy atom. The average molecular weight is 188 g/mol. The number of ether oxygens (including phenoxy) is 1. The Kier molecular flexibility index (Phi) is 5.71. The summed E-state index contributed by atoms with van der Waals surface area (Å²) in [6.07, 6.45) is 0.926. The fourth-order valence-corrected chi connectivity index (χ4v) is 1.28. The first-order valence-electron chi connectivity index (χ1n) is 4.72. The summed E-state index contributed by atoms with van der Waals surface area (Å²) in [5, 5.41) is 8.80. The summed E-state index contributed by atoms with van der Waals surface area (Å²) in [4.78, 5) is 10.7. The summed E-state index contributed by atoms with van der Waals surface area (Å²) in [5.41, 5.74) is 0. The monoisotopic (exact) mass is 188 g/mol. The van der Waals surface area contributed by atoms with Gasteiger partial charge in [0, 0.05) is 13.7 Å². The largest absolute Gasteiger partial charge is 0.481 e. The van der Waals surface area contributed by atoms with Gasteiger partial charge in [-0.05, 0) is 18.3 Å². The number of rotatable bonds is 6. The van der Waals surface area contributed by atoms with Gasteiger partial charge in [0.05, 0.1) is 5.92 Å². The average Bonchev–Trinajstić information content (AvgIpc) is 2.11. The van der Waals surface area contributed by atoms with Crippen molar-refractivity contribution in [3.8, 4) is 0 Å². The van der Waals surface area contributed by atoms with Gasteiger partial charge < -0.3 is 9.84 Å². The molecule has 3 atom stereocenters. The first-order valence-corrected chi connectivity index (χ1v) is 4.72. The molecule has 0 saturated heterocycles. The van der Waals surface area contributed by atoms with Crippen LogP contribution in [0.5, 0.6) is 0 Å². The Bertz CT molecular complexity index is 156. The zero-order valence-corrected chi connectivity index (χ0v) is 8.91. The zero-order chi connectivity index (χ0) is 10.4. The van der Waals surface area contributed by atoms with E-state index < -0.39 is 5.97 Å². The molecule has 0 spiro atoms. The molecule has 3 unspecified atom stereocenters. The van der Waals surface area contributed by atoms with Crippen LogP contribution in [-0.2, 0) is 9.53 Å². The summed E-state index contributed by atoms with van der Waals surface area (Å²) in [6, 6.07) is 0. The Balaban J connectivity index is 3.93. The molecule has 3 nitrogen and oxygen atoms in total. The minimum atomic E-state index is -0.711. The molecule has 13 heavy (non-hydrogen) atoms. The number of carboxylic acids is 1. The van der Waals surface area contributed by atoms with E-state index in [1.54, 1.807) is 14.0 Å². The van der Waals surface area contributed by atoms with E-state index in [9.17, 15) is 4.79 Å². The lowest BCUT2D eigenvalue weighted by Gasteiger charge is -2.22. The Morgan fingerprint density at radius 2 is 1.92 bits per heavy atom. The number of hydrogen-bond donors (Lipinski definition) is 1. The first kappa shape index (κ1) is 12.4. The predicted octanol–water partition coefficient (Wildman–Crippen LogP) is 2.02. The van der Waals surface area contributed by atoms with E-state index in [0.717, 1.165) is 6.42 Å². The summed E-state index contributed by atoms with van der Waals surface area (Å²) in [6.45, 7) is 6.52. The molecule has 0 amide bonds. The highest BCUT2D eigenvalue weighted by Crippen LogP contribution is 2.23. The molecular weight excluding hydrogens is 168 g/mol. The second-order valence-corrected chi connectivity index (χ2v) is 3.74. The van der Waals surface area contributed by atoms with E-state index in [1.165, 1.54) is 0 Å². The summed E-state index contributed by atoms with van der Waals surface area (Å²) < 4.78 is 4.96. The van der Waals surface area contributed by atoms with Crippen LogP contribution in [0.25, 0.3) is 0 Å². The normalized spacial score (nSPS) is 17.8. The third-order valence-corrected chi connectivity index (χ3v) is 2.85.